The van der Waals surface area contributed by atoms with Gasteiger partial charge in [-0.05, 0) is 42.7 Å². The summed E-state index contributed by atoms with van der Waals surface area (Å²) in [5.74, 6) is -1.32. The average Bonchev–Trinajstić information content (AvgIpc) is 3.20. The lowest BCUT2D eigenvalue weighted by Crippen LogP contribution is -2.35. The van der Waals surface area contributed by atoms with Crippen LogP contribution in [-0.2, 0) is 13.1 Å². The highest BCUT2D eigenvalue weighted by atomic mass is 19.1. The summed E-state index contributed by atoms with van der Waals surface area (Å²) >= 11 is 0. The Kier molecular flexibility index (Phi) is 5.90. The maximum Gasteiger partial charge on any atom is 0.335 e. The van der Waals surface area contributed by atoms with Gasteiger partial charge in [0.1, 0.15) is 5.82 Å². The van der Waals surface area contributed by atoms with E-state index in [2.05, 4.69) is 15.5 Å². The van der Waals surface area contributed by atoms with Gasteiger partial charge in [0, 0.05) is 37.4 Å². The highest BCUT2D eigenvalue weighted by Gasteiger charge is 2.18. The fraction of sp³-hybridized carbons (Fsp3) is 0.300. The van der Waals surface area contributed by atoms with Crippen LogP contribution in [0.25, 0.3) is 0 Å². The van der Waals surface area contributed by atoms with E-state index in [1.807, 2.05) is 6.07 Å². The van der Waals surface area contributed by atoms with Crippen molar-refractivity contribution in [3.63, 3.8) is 0 Å². The van der Waals surface area contributed by atoms with Crippen LogP contribution in [0.5, 0.6) is 0 Å². The lowest BCUT2D eigenvalue weighted by Gasteiger charge is -2.22. The van der Waals surface area contributed by atoms with Crippen molar-refractivity contribution >= 4 is 17.7 Å². The van der Waals surface area contributed by atoms with Crippen LogP contribution < -0.4 is 15.5 Å². The smallest absolute Gasteiger partial charge is 0.335 e. The maximum absolute atomic E-state index is 14.3. The van der Waals surface area contributed by atoms with Crippen LogP contribution in [0.1, 0.15) is 34.3 Å². The zero-order valence-corrected chi connectivity index (χ0v) is 14.9. The molecule has 6 nitrogen and oxygen atoms in total. The molecule has 0 bridgehead atoms. The first-order valence-corrected chi connectivity index (χ1v) is 8.91. The maximum atomic E-state index is 14.3. The summed E-state index contributed by atoms with van der Waals surface area (Å²) in [7, 11) is 0. The third-order valence-electron chi connectivity index (χ3n) is 4.62. The number of amides is 2. The molecule has 3 N–H and O–H groups in total. The van der Waals surface area contributed by atoms with Gasteiger partial charge in [-0.15, -0.1) is 0 Å². The number of carbonyl (C=O) groups is 2. The summed E-state index contributed by atoms with van der Waals surface area (Å²) in [6.07, 6.45) is 2.18. The van der Waals surface area contributed by atoms with Crippen molar-refractivity contribution in [2.45, 2.75) is 25.9 Å². The Morgan fingerprint density at radius 1 is 1.00 bits per heavy atom. The van der Waals surface area contributed by atoms with E-state index in [0.717, 1.165) is 37.2 Å². The summed E-state index contributed by atoms with van der Waals surface area (Å²) < 4.78 is 14.3. The van der Waals surface area contributed by atoms with E-state index in [1.165, 1.54) is 18.2 Å². The third kappa shape index (κ3) is 4.75. The Bertz CT molecular complexity index is 818. The highest BCUT2D eigenvalue weighted by molar-refractivity contribution is 5.87. The van der Waals surface area contributed by atoms with Gasteiger partial charge in [-0.2, -0.15) is 0 Å². The zero-order valence-electron chi connectivity index (χ0n) is 14.9. The summed E-state index contributed by atoms with van der Waals surface area (Å²) in [6, 6.07) is 10.8. The van der Waals surface area contributed by atoms with Gasteiger partial charge in [0.05, 0.1) is 5.56 Å². The Morgan fingerprint density at radius 3 is 2.33 bits per heavy atom. The Morgan fingerprint density at radius 2 is 1.67 bits per heavy atom. The summed E-state index contributed by atoms with van der Waals surface area (Å²) in [6.45, 7) is 2.15. The molecular formula is C20H22FN3O3. The number of nitrogens with zero attached hydrogens (tertiary/aromatic N) is 1. The standard InChI is InChI=1S/C20H22FN3O3/c21-17-4-3-5-18(24-10-1-2-11-24)16(17)13-23-20(27)22-12-14-6-8-15(9-7-14)19(25)26/h3-9H,1-2,10-13H2,(H,25,26)(H2,22,23,27). The normalized spacial score (nSPS) is 13.4. The van der Waals surface area contributed by atoms with Crippen LogP contribution in [0.4, 0.5) is 14.9 Å². The minimum atomic E-state index is -0.994. The molecule has 2 aromatic rings. The van der Waals surface area contributed by atoms with Gasteiger partial charge in [0.2, 0.25) is 0 Å². The number of aromatic carboxylic acids is 1. The van der Waals surface area contributed by atoms with E-state index >= 15 is 0 Å². The third-order valence-corrected chi connectivity index (χ3v) is 4.62. The van der Waals surface area contributed by atoms with Gasteiger partial charge in [0.25, 0.3) is 0 Å². The molecule has 27 heavy (non-hydrogen) atoms. The van der Waals surface area contributed by atoms with E-state index in [1.54, 1.807) is 18.2 Å². The number of hydrogen-bond donors (Lipinski definition) is 3. The molecule has 7 heteroatoms. The molecule has 2 aromatic carbocycles. The number of rotatable bonds is 6. The molecule has 0 aromatic heterocycles. The number of anilines is 1. The van der Waals surface area contributed by atoms with Crippen molar-refractivity contribution in [1.29, 1.82) is 0 Å². The van der Waals surface area contributed by atoms with Crippen LogP contribution >= 0.6 is 0 Å². The van der Waals surface area contributed by atoms with Crippen LogP contribution in [0.3, 0.4) is 0 Å². The van der Waals surface area contributed by atoms with Gasteiger partial charge >= 0.3 is 12.0 Å². The second kappa shape index (κ2) is 8.53. The predicted molar refractivity (Wildman–Crippen MR) is 100 cm³/mol. The molecule has 1 aliphatic rings. The minimum Gasteiger partial charge on any atom is -0.478 e. The molecule has 1 heterocycles. The molecule has 1 aliphatic heterocycles. The second-order valence-corrected chi connectivity index (χ2v) is 6.47. The first-order chi connectivity index (χ1) is 13.0. The van der Waals surface area contributed by atoms with E-state index in [4.69, 9.17) is 5.11 Å². The van der Waals surface area contributed by atoms with Gasteiger partial charge in [-0.3, -0.25) is 0 Å². The Balaban J connectivity index is 1.55. The van der Waals surface area contributed by atoms with Gasteiger partial charge in [0.15, 0.2) is 0 Å². The molecule has 0 unspecified atom stereocenters. The second-order valence-electron chi connectivity index (χ2n) is 6.47. The van der Waals surface area contributed by atoms with Crippen LogP contribution in [-0.4, -0.2) is 30.2 Å². The number of carboxylic acid groups (broad SMARTS) is 1. The molecule has 0 radical (unpaired) electrons. The first kappa shape index (κ1) is 18.7. The monoisotopic (exact) mass is 371 g/mol. The van der Waals surface area contributed by atoms with E-state index < -0.39 is 12.0 Å². The van der Waals surface area contributed by atoms with Crippen molar-refractivity contribution in [3.8, 4) is 0 Å². The van der Waals surface area contributed by atoms with Crippen LogP contribution in [0.2, 0.25) is 0 Å². The zero-order chi connectivity index (χ0) is 19.2. The van der Waals surface area contributed by atoms with Crippen LogP contribution in [0.15, 0.2) is 42.5 Å². The lowest BCUT2D eigenvalue weighted by atomic mass is 10.1. The molecule has 1 fully saturated rings. The molecule has 0 atom stereocenters. The molecule has 0 saturated carbocycles. The van der Waals surface area contributed by atoms with Crippen molar-refractivity contribution in [3.05, 3.63) is 65.0 Å². The SMILES string of the molecule is O=C(NCc1ccc(C(=O)O)cc1)NCc1c(F)cccc1N1CCCC1. The number of hydrogen-bond acceptors (Lipinski definition) is 3. The van der Waals surface area contributed by atoms with E-state index in [0.29, 0.717) is 5.56 Å². The summed E-state index contributed by atoms with van der Waals surface area (Å²) in [5, 5.41) is 14.3. The number of carboxylic acids is 1. The van der Waals surface area contributed by atoms with Crippen molar-refractivity contribution in [2.24, 2.45) is 0 Å². The lowest BCUT2D eigenvalue weighted by molar-refractivity contribution is 0.0697. The highest BCUT2D eigenvalue weighted by Crippen LogP contribution is 2.26. The number of carbonyl (C=O) groups excluding carboxylic acids is 1. The molecule has 0 aliphatic carbocycles. The number of halogens is 1. The topological polar surface area (TPSA) is 81.7 Å². The molecule has 0 spiro atoms. The quantitative estimate of drug-likeness (QED) is 0.729. The van der Waals surface area contributed by atoms with Gasteiger partial charge < -0.3 is 20.6 Å². The molecular weight excluding hydrogens is 349 g/mol. The molecule has 3 rings (SSSR count). The fourth-order valence-corrected chi connectivity index (χ4v) is 3.16. The Labute approximate surface area is 157 Å². The van der Waals surface area contributed by atoms with Crippen molar-refractivity contribution in [2.75, 3.05) is 18.0 Å². The van der Waals surface area contributed by atoms with Gasteiger partial charge in [-0.1, -0.05) is 18.2 Å². The molecule has 142 valence electrons. The predicted octanol–water partition coefficient (Wildman–Crippen LogP) is 3.12. The van der Waals surface area contributed by atoms with Crippen LogP contribution in [0, 0.1) is 5.82 Å². The summed E-state index contributed by atoms with van der Waals surface area (Å²) in [4.78, 5) is 25.0. The van der Waals surface area contributed by atoms with Crippen molar-refractivity contribution in [1.82, 2.24) is 10.6 Å². The largest absolute Gasteiger partial charge is 0.478 e. The molecule has 2 amide bonds. The fourth-order valence-electron chi connectivity index (χ4n) is 3.16. The number of urea groups is 1. The summed E-state index contributed by atoms with van der Waals surface area (Å²) in [5.41, 5.74) is 2.29. The Hall–Kier alpha value is -3.09. The van der Waals surface area contributed by atoms with E-state index in [9.17, 15) is 14.0 Å². The number of benzene rings is 2. The van der Waals surface area contributed by atoms with Crippen molar-refractivity contribution < 1.29 is 19.1 Å². The van der Waals surface area contributed by atoms with E-state index in [-0.39, 0.29) is 24.5 Å². The number of nitrogens with one attached hydrogen (secondary N) is 2. The first-order valence-electron chi connectivity index (χ1n) is 8.91. The van der Waals surface area contributed by atoms with Gasteiger partial charge in [-0.25, -0.2) is 14.0 Å². The minimum absolute atomic E-state index is 0.0995. The molecule has 1 saturated heterocycles. The average molecular weight is 371 g/mol.